The fourth-order valence-corrected chi connectivity index (χ4v) is 3.60. The number of rotatable bonds is 4. The number of carboxylic acid groups (broad SMARTS) is 1. The Hall–Kier alpha value is -2.93. The number of aliphatic carboxylic acids is 1. The lowest BCUT2D eigenvalue weighted by Gasteiger charge is -2.07. The van der Waals surface area contributed by atoms with Crippen LogP contribution in [0.25, 0.3) is 17.1 Å². The second-order valence-corrected chi connectivity index (χ2v) is 7.10. The van der Waals surface area contributed by atoms with Crippen LogP contribution < -0.4 is 0 Å². The first-order valence-corrected chi connectivity index (χ1v) is 8.52. The van der Waals surface area contributed by atoms with Crippen LogP contribution in [0.4, 0.5) is 0 Å². The zero-order valence-corrected chi connectivity index (χ0v) is 13.6. The summed E-state index contributed by atoms with van der Waals surface area (Å²) in [6.45, 7) is 1.88. The lowest BCUT2D eigenvalue weighted by molar-refractivity contribution is -0.131. The average Bonchev–Trinajstić information content (AvgIpc) is 2.97. The number of nitrogens with zero attached hydrogens (tertiary/aromatic N) is 2. The summed E-state index contributed by atoms with van der Waals surface area (Å²) in [7, 11) is -3.74. The van der Waals surface area contributed by atoms with Crippen molar-refractivity contribution in [2.75, 3.05) is 0 Å². The number of carboxylic acids is 1. The third-order valence-electron chi connectivity index (χ3n) is 3.51. The second-order valence-electron chi connectivity index (χ2n) is 5.28. The first-order valence-electron chi connectivity index (χ1n) is 7.08. The van der Waals surface area contributed by atoms with E-state index in [1.54, 1.807) is 36.4 Å². The number of pyridine rings is 1. The molecule has 6 nitrogen and oxygen atoms in total. The van der Waals surface area contributed by atoms with Crippen LogP contribution in [0.2, 0.25) is 0 Å². The summed E-state index contributed by atoms with van der Waals surface area (Å²) >= 11 is 0. The molecular weight excluding hydrogens is 328 g/mol. The van der Waals surface area contributed by atoms with Crippen LogP contribution in [0.1, 0.15) is 11.1 Å². The maximum absolute atomic E-state index is 12.8. The van der Waals surface area contributed by atoms with Crippen molar-refractivity contribution < 1.29 is 18.3 Å². The van der Waals surface area contributed by atoms with Crippen LogP contribution in [0.5, 0.6) is 0 Å². The lowest BCUT2D eigenvalue weighted by Crippen LogP contribution is -2.12. The molecule has 0 radical (unpaired) electrons. The highest BCUT2D eigenvalue weighted by molar-refractivity contribution is 7.90. The first-order chi connectivity index (χ1) is 11.4. The summed E-state index contributed by atoms with van der Waals surface area (Å²) in [4.78, 5) is 14.9. The Labute approximate surface area is 138 Å². The summed E-state index contributed by atoms with van der Waals surface area (Å²) in [5, 5.41) is 9.26. The number of hydrogen-bond donors (Lipinski definition) is 1. The van der Waals surface area contributed by atoms with Crippen LogP contribution in [0.15, 0.2) is 59.8 Å². The SMILES string of the molecule is Cc1ccc(S(=O)(=O)n2ccc3cc(C=CC(=O)O)cnc32)cc1. The van der Waals surface area contributed by atoms with Gasteiger partial charge in [0.05, 0.1) is 4.90 Å². The van der Waals surface area contributed by atoms with Gasteiger partial charge < -0.3 is 5.11 Å². The van der Waals surface area contributed by atoms with E-state index in [4.69, 9.17) is 5.11 Å². The van der Waals surface area contributed by atoms with Crippen molar-refractivity contribution in [2.24, 2.45) is 0 Å². The zero-order valence-electron chi connectivity index (χ0n) is 12.7. The van der Waals surface area contributed by atoms with Gasteiger partial charge in [-0.3, -0.25) is 0 Å². The molecule has 0 spiro atoms. The molecule has 0 saturated heterocycles. The smallest absolute Gasteiger partial charge is 0.328 e. The fourth-order valence-electron chi connectivity index (χ4n) is 2.29. The second kappa shape index (κ2) is 5.93. The zero-order chi connectivity index (χ0) is 17.3. The van der Waals surface area contributed by atoms with Crippen molar-refractivity contribution in [3.8, 4) is 0 Å². The minimum Gasteiger partial charge on any atom is -0.478 e. The fraction of sp³-hybridized carbons (Fsp3) is 0.0588. The molecule has 24 heavy (non-hydrogen) atoms. The van der Waals surface area contributed by atoms with Gasteiger partial charge in [0, 0.05) is 23.9 Å². The quantitative estimate of drug-likeness (QED) is 0.736. The Morgan fingerprint density at radius 2 is 1.92 bits per heavy atom. The van der Waals surface area contributed by atoms with E-state index < -0.39 is 16.0 Å². The maximum atomic E-state index is 12.8. The van der Waals surface area contributed by atoms with Gasteiger partial charge in [0.15, 0.2) is 5.65 Å². The summed E-state index contributed by atoms with van der Waals surface area (Å²) in [5.74, 6) is -1.06. The van der Waals surface area contributed by atoms with Crippen molar-refractivity contribution in [1.29, 1.82) is 0 Å². The molecule has 0 aliphatic heterocycles. The minimum absolute atomic E-state index is 0.183. The highest BCUT2D eigenvalue weighted by atomic mass is 32.2. The number of aromatic nitrogens is 2. The molecule has 1 N–H and O–H groups in total. The van der Waals surface area contributed by atoms with Gasteiger partial charge in [-0.05, 0) is 42.8 Å². The number of hydrogen-bond acceptors (Lipinski definition) is 4. The highest BCUT2D eigenvalue weighted by Crippen LogP contribution is 2.22. The van der Waals surface area contributed by atoms with E-state index in [1.165, 1.54) is 18.5 Å². The van der Waals surface area contributed by atoms with Gasteiger partial charge in [-0.2, -0.15) is 0 Å². The normalized spacial score (nSPS) is 12.0. The lowest BCUT2D eigenvalue weighted by atomic mass is 10.2. The maximum Gasteiger partial charge on any atom is 0.328 e. The molecule has 122 valence electrons. The van der Waals surface area contributed by atoms with Crippen LogP contribution >= 0.6 is 0 Å². The van der Waals surface area contributed by atoms with E-state index in [9.17, 15) is 13.2 Å². The molecule has 0 amide bonds. The third kappa shape index (κ3) is 2.93. The number of benzene rings is 1. The summed E-state index contributed by atoms with van der Waals surface area (Å²) in [6.07, 6.45) is 5.28. The molecule has 0 atom stereocenters. The van der Waals surface area contributed by atoms with Gasteiger partial charge in [-0.1, -0.05) is 17.7 Å². The van der Waals surface area contributed by atoms with Crippen molar-refractivity contribution in [3.05, 3.63) is 66.0 Å². The summed E-state index contributed by atoms with van der Waals surface area (Å²) < 4.78 is 26.6. The van der Waals surface area contributed by atoms with Gasteiger partial charge in [-0.15, -0.1) is 0 Å². The third-order valence-corrected chi connectivity index (χ3v) is 5.19. The summed E-state index contributed by atoms with van der Waals surface area (Å²) in [6, 6.07) is 9.90. The Kier molecular flexibility index (Phi) is 3.94. The monoisotopic (exact) mass is 342 g/mol. The molecule has 0 aliphatic carbocycles. The standard InChI is InChI=1S/C17H14N2O4S/c1-12-2-5-15(6-3-12)24(22,23)19-9-8-14-10-13(4-7-16(20)21)11-18-17(14)19/h2-11H,1H3,(H,20,21). The molecular formula is C17H14N2O4S. The van der Waals surface area contributed by atoms with Gasteiger partial charge in [-0.25, -0.2) is 22.2 Å². The van der Waals surface area contributed by atoms with Gasteiger partial charge >= 0.3 is 5.97 Å². The van der Waals surface area contributed by atoms with Gasteiger partial charge in [0.1, 0.15) is 0 Å². The number of carbonyl (C=O) groups is 1. The molecule has 3 rings (SSSR count). The molecule has 3 aromatic rings. The Balaban J connectivity index is 2.07. The largest absolute Gasteiger partial charge is 0.478 e. The predicted molar refractivity (Wildman–Crippen MR) is 90.2 cm³/mol. The molecule has 0 saturated carbocycles. The molecule has 2 aromatic heterocycles. The van der Waals surface area contributed by atoms with Crippen LogP contribution in [0, 0.1) is 6.92 Å². The van der Waals surface area contributed by atoms with Crippen molar-refractivity contribution in [1.82, 2.24) is 8.96 Å². The van der Waals surface area contributed by atoms with Crippen LogP contribution in [-0.2, 0) is 14.8 Å². The number of aryl methyl sites for hydroxylation is 1. The molecule has 0 aliphatic rings. The van der Waals surface area contributed by atoms with Crippen molar-refractivity contribution in [2.45, 2.75) is 11.8 Å². The molecule has 2 heterocycles. The van der Waals surface area contributed by atoms with E-state index in [1.807, 2.05) is 6.92 Å². The van der Waals surface area contributed by atoms with Crippen LogP contribution in [-0.4, -0.2) is 28.5 Å². The number of fused-ring (bicyclic) bond motifs is 1. The Morgan fingerprint density at radius 3 is 2.58 bits per heavy atom. The Morgan fingerprint density at radius 1 is 1.21 bits per heavy atom. The molecule has 0 unspecified atom stereocenters. The van der Waals surface area contributed by atoms with Gasteiger partial charge in [0.25, 0.3) is 10.0 Å². The van der Waals surface area contributed by atoms with E-state index in [2.05, 4.69) is 4.98 Å². The van der Waals surface area contributed by atoms with Gasteiger partial charge in [0.2, 0.25) is 0 Å². The topological polar surface area (TPSA) is 89.3 Å². The average molecular weight is 342 g/mol. The Bertz CT molecular complexity index is 1050. The highest BCUT2D eigenvalue weighted by Gasteiger charge is 2.19. The van der Waals surface area contributed by atoms with Crippen LogP contribution in [0.3, 0.4) is 0 Å². The molecule has 0 fully saturated rings. The molecule has 1 aromatic carbocycles. The first kappa shape index (κ1) is 15.9. The van der Waals surface area contributed by atoms with Crippen molar-refractivity contribution in [3.63, 3.8) is 0 Å². The minimum atomic E-state index is -3.74. The summed E-state index contributed by atoms with van der Waals surface area (Å²) in [5.41, 5.74) is 1.85. The molecule has 0 bridgehead atoms. The molecule has 7 heteroatoms. The van der Waals surface area contributed by atoms with E-state index in [0.29, 0.717) is 16.6 Å². The van der Waals surface area contributed by atoms with E-state index >= 15 is 0 Å². The van der Waals surface area contributed by atoms with E-state index in [0.717, 1.165) is 15.6 Å². The van der Waals surface area contributed by atoms with Crippen molar-refractivity contribution >= 4 is 33.1 Å². The predicted octanol–water partition coefficient (Wildman–Crippen LogP) is 2.68. The van der Waals surface area contributed by atoms with E-state index in [-0.39, 0.29) is 4.90 Å².